The highest BCUT2D eigenvalue weighted by molar-refractivity contribution is 9.10. The predicted molar refractivity (Wildman–Crippen MR) is 67.1 cm³/mol. The van der Waals surface area contributed by atoms with Gasteiger partial charge in [-0.3, -0.25) is 0 Å². The van der Waals surface area contributed by atoms with Gasteiger partial charge in [0.25, 0.3) is 0 Å². The first-order valence-electron chi connectivity index (χ1n) is 5.27. The second kappa shape index (κ2) is 5.03. The van der Waals surface area contributed by atoms with Gasteiger partial charge in [0.2, 0.25) is 0 Å². The van der Waals surface area contributed by atoms with Gasteiger partial charge in [0.15, 0.2) is 23.3 Å². The van der Waals surface area contributed by atoms with E-state index in [0.717, 1.165) is 0 Å². The molecule has 0 aliphatic carbocycles. The van der Waals surface area contributed by atoms with Gasteiger partial charge in [-0.05, 0) is 33.8 Å². The number of hydrogen-bond donors (Lipinski definition) is 0. The van der Waals surface area contributed by atoms with Crippen LogP contribution in [0, 0.1) is 28.7 Å². The van der Waals surface area contributed by atoms with Gasteiger partial charge in [-0.15, -0.1) is 0 Å². The molecule has 0 N–H and O–H groups in total. The SMILES string of the molecule is C/C(=C\C(C)(C)C)c1c(F)c(F)c(Br)c(F)c1F. The molecule has 1 aromatic carbocycles. The third-order valence-corrected chi connectivity index (χ3v) is 2.95. The van der Waals surface area contributed by atoms with Crippen LogP contribution in [0.2, 0.25) is 0 Å². The quantitative estimate of drug-likeness (QED) is 0.366. The Kier molecular flexibility index (Phi) is 4.26. The molecule has 5 heteroatoms. The van der Waals surface area contributed by atoms with Crippen LogP contribution in [0.3, 0.4) is 0 Å². The molecule has 0 nitrogen and oxygen atoms in total. The molecule has 0 aromatic heterocycles. The van der Waals surface area contributed by atoms with Crippen LogP contribution in [0.5, 0.6) is 0 Å². The van der Waals surface area contributed by atoms with Crippen LogP contribution in [0.4, 0.5) is 17.6 Å². The number of halogens is 5. The molecule has 0 saturated carbocycles. The van der Waals surface area contributed by atoms with E-state index in [1.54, 1.807) is 6.08 Å². The largest absolute Gasteiger partial charge is 0.203 e. The van der Waals surface area contributed by atoms with Gasteiger partial charge in [-0.25, -0.2) is 17.6 Å². The molecule has 1 aromatic rings. The first-order chi connectivity index (χ1) is 8.06. The summed E-state index contributed by atoms with van der Waals surface area (Å²) >= 11 is 2.48. The average molecular weight is 325 g/mol. The molecule has 0 radical (unpaired) electrons. The lowest BCUT2D eigenvalue weighted by atomic mass is 9.91. The van der Waals surface area contributed by atoms with Crippen molar-refractivity contribution in [2.45, 2.75) is 27.7 Å². The summed E-state index contributed by atoms with van der Waals surface area (Å²) in [7, 11) is 0. The van der Waals surface area contributed by atoms with Crippen LogP contribution in [0.15, 0.2) is 10.5 Å². The van der Waals surface area contributed by atoms with Crippen LogP contribution in [-0.2, 0) is 0 Å². The fraction of sp³-hybridized carbons (Fsp3) is 0.385. The molecule has 0 aliphatic heterocycles. The molecule has 0 heterocycles. The molecule has 0 unspecified atom stereocenters. The van der Waals surface area contributed by atoms with Crippen LogP contribution in [-0.4, -0.2) is 0 Å². The van der Waals surface area contributed by atoms with Crippen molar-refractivity contribution in [3.63, 3.8) is 0 Å². The standard InChI is InChI=1S/C13H13BrF4/c1-6(5-13(2,3)4)7-9(15)11(17)8(14)12(18)10(7)16/h5H,1-4H3/b6-5+. The third kappa shape index (κ3) is 2.94. The van der Waals surface area contributed by atoms with E-state index in [9.17, 15) is 17.6 Å². The topological polar surface area (TPSA) is 0 Å². The van der Waals surface area contributed by atoms with E-state index >= 15 is 0 Å². The summed E-state index contributed by atoms with van der Waals surface area (Å²) in [6, 6.07) is 0. The Hall–Kier alpha value is -0.840. The lowest BCUT2D eigenvalue weighted by Gasteiger charge is -2.16. The first kappa shape index (κ1) is 15.2. The minimum Gasteiger partial charge on any atom is -0.203 e. The van der Waals surface area contributed by atoms with E-state index in [1.165, 1.54) is 6.92 Å². The molecule has 0 aliphatic rings. The van der Waals surface area contributed by atoms with Crippen molar-refractivity contribution in [1.29, 1.82) is 0 Å². The van der Waals surface area contributed by atoms with Crippen molar-refractivity contribution in [1.82, 2.24) is 0 Å². The van der Waals surface area contributed by atoms with Crippen molar-refractivity contribution < 1.29 is 17.6 Å². The van der Waals surface area contributed by atoms with Crippen molar-refractivity contribution in [2.24, 2.45) is 5.41 Å². The van der Waals surface area contributed by atoms with Crippen molar-refractivity contribution in [3.05, 3.63) is 39.4 Å². The van der Waals surface area contributed by atoms with Gasteiger partial charge >= 0.3 is 0 Å². The highest BCUT2D eigenvalue weighted by atomic mass is 79.9. The van der Waals surface area contributed by atoms with Crippen molar-refractivity contribution >= 4 is 21.5 Å². The molecule has 1 rings (SSSR count). The molecule has 18 heavy (non-hydrogen) atoms. The Morgan fingerprint density at radius 1 is 0.944 bits per heavy atom. The van der Waals surface area contributed by atoms with Crippen molar-refractivity contribution in [3.8, 4) is 0 Å². The zero-order valence-electron chi connectivity index (χ0n) is 10.5. The first-order valence-corrected chi connectivity index (χ1v) is 6.07. The Bertz CT molecular complexity index is 484. The van der Waals surface area contributed by atoms with E-state index in [4.69, 9.17) is 0 Å². The molecule has 0 saturated heterocycles. The Balaban J connectivity index is 3.57. The molecular weight excluding hydrogens is 312 g/mol. The van der Waals surface area contributed by atoms with Gasteiger partial charge in [-0.1, -0.05) is 26.8 Å². The van der Waals surface area contributed by atoms with Crippen LogP contribution in [0.1, 0.15) is 33.3 Å². The summed E-state index contributed by atoms with van der Waals surface area (Å²) < 4.78 is 53.3. The zero-order chi connectivity index (χ0) is 14.2. The Labute approximate surface area is 112 Å². The smallest absolute Gasteiger partial charge is 0.176 e. The van der Waals surface area contributed by atoms with Gasteiger partial charge < -0.3 is 0 Å². The lowest BCUT2D eigenvalue weighted by Crippen LogP contribution is -2.06. The summed E-state index contributed by atoms with van der Waals surface area (Å²) in [5, 5.41) is 0. The Morgan fingerprint density at radius 3 is 1.67 bits per heavy atom. The molecule has 0 bridgehead atoms. The van der Waals surface area contributed by atoms with Gasteiger partial charge in [-0.2, -0.15) is 0 Å². The van der Waals surface area contributed by atoms with E-state index in [2.05, 4.69) is 15.9 Å². The highest BCUT2D eigenvalue weighted by Gasteiger charge is 2.25. The summed E-state index contributed by atoms with van der Waals surface area (Å²) in [5.74, 6) is -5.63. The maximum atomic E-state index is 13.7. The molecular formula is C13H13BrF4. The maximum Gasteiger partial charge on any atom is 0.176 e. The normalized spacial score (nSPS) is 13.1. The highest BCUT2D eigenvalue weighted by Crippen LogP contribution is 2.33. The van der Waals surface area contributed by atoms with Gasteiger partial charge in [0.05, 0.1) is 10.0 Å². The average Bonchev–Trinajstić information content (AvgIpc) is 2.21. The van der Waals surface area contributed by atoms with E-state index in [0.29, 0.717) is 0 Å². The monoisotopic (exact) mass is 324 g/mol. The molecule has 0 fully saturated rings. The zero-order valence-corrected chi connectivity index (χ0v) is 12.1. The molecule has 0 amide bonds. The van der Waals surface area contributed by atoms with Crippen LogP contribution >= 0.6 is 15.9 Å². The summed E-state index contributed by atoms with van der Waals surface area (Å²) in [6.45, 7) is 6.87. The molecule has 0 spiro atoms. The van der Waals surface area contributed by atoms with E-state index in [1.807, 2.05) is 20.8 Å². The molecule has 0 atom stereocenters. The van der Waals surface area contributed by atoms with Crippen molar-refractivity contribution in [2.75, 3.05) is 0 Å². The maximum absolute atomic E-state index is 13.7. The number of benzene rings is 1. The minimum atomic E-state index is -1.43. The van der Waals surface area contributed by atoms with E-state index in [-0.39, 0.29) is 11.0 Å². The lowest BCUT2D eigenvalue weighted by molar-refractivity contribution is 0.442. The van der Waals surface area contributed by atoms with Crippen LogP contribution < -0.4 is 0 Å². The second-order valence-electron chi connectivity index (χ2n) is 5.14. The van der Waals surface area contributed by atoms with Gasteiger partial charge in [0, 0.05) is 0 Å². The second-order valence-corrected chi connectivity index (χ2v) is 5.93. The number of rotatable bonds is 1. The fourth-order valence-electron chi connectivity index (χ4n) is 1.67. The summed E-state index contributed by atoms with van der Waals surface area (Å²) in [4.78, 5) is 0. The van der Waals surface area contributed by atoms with E-state index < -0.39 is 33.3 Å². The fourth-order valence-corrected chi connectivity index (χ4v) is 2.02. The van der Waals surface area contributed by atoms with Crippen LogP contribution in [0.25, 0.3) is 5.57 Å². The number of allylic oxidation sites excluding steroid dienone is 2. The predicted octanol–water partition coefficient (Wildman–Crippen LogP) is 5.45. The summed E-state index contributed by atoms with van der Waals surface area (Å²) in [6.07, 6.45) is 1.56. The third-order valence-electron chi connectivity index (χ3n) is 2.25. The van der Waals surface area contributed by atoms with Gasteiger partial charge in [0.1, 0.15) is 0 Å². The number of hydrogen-bond acceptors (Lipinski definition) is 0. The molecule has 100 valence electrons. The summed E-state index contributed by atoms with van der Waals surface area (Å²) in [5.41, 5.74) is -0.867. The Morgan fingerprint density at radius 2 is 1.33 bits per heavy atom. The minimum absolute atomic E-state index is 0.155.